The molecule has 1 amide bonds. The predicted molar refractivity (Wildman–Crippen MR) is 167 cm³/mol. The Hall–Kier alpha value is -4.25. The van der Waals surface area contributed by atoms with Crippen molar-refractivity contribution >= 4 is 46.3 Å². The normalized spacial score (nSPS) is 20.1. The molecule has 2 atom stereocenters. The van der Waals surface area contributed by atoms with E-state index in [1.807, 2.05) is 114 Å². The number of para-hydroxylation sites is 1. The second-order valence-corrected chi connectivity index (χ2v) is 11.8. The van der Waals surface area contributed by atoms with E-state index in [0.717, 1.165) is 27.3 Å². The third-order valence-electron chi connectivity index (χ3n) is 7.68. The first-order chi connectivity index (χ1) is 20.1. The number of halogens is 1. The molecule has 3 nitrogen and oxygen atoms in total. The molecule has 41 heavy (non-hydrogen) atoms. The van der Waals surface area contributed by atoms with Gasteiger partial charge in [-0.15, -0.1) is 11.8 Å². The van der Waals surface area contributed by atoms with Gasteiger partial charge in [0.05, 0.1) is 11.3 Å². The predicted octanol–water partition coefficient (Wildman–Crippen LogP) is 9.36. The number of thioether (sulfide) groups is 1. The van der Waals surface area contributed by atoms with Gasteiger partial charge in [-0.05, 0) is 35.4 Å². The van der Waals surface area contributed by atoms with E-state index in [1.165, 1.54) is 5.56 Å². The zero-order chi connectivity index (χ0) is 27.8. The highest BCUT2D eigenvalue weighted by Crippen LogP contribution is 2.58. The van der Waals surface area contributed by atoms with E-state index in [-0.39, 0.29) is 11.2 Å². The largest absolute Gasteiger partial charge is 0.462 e. The number of hydrogen-bond acceptors (Lipinski definition) is 3. The molecular formula is C36H26ClNO2S. The van der Waals surface area contributed by atoms with Gasteiger partial charge in [-0.25, -0.2) is 0 Å². The van der Waals surface area contributed by atoms with Crippen molar-refractivity contribution in [3.8, 4) is 0 Å². The monoisotopic (exact) mass is 571 g/mol. The highest BCUT2D eigenvalue weighted by atomic mass is 35.5. The summed E-state index contributed by atoms with van der Waals surface area (Å²) in [7, 11) is 0. The van der Waals surface area contributed by atoms with Gasteiger partial charge in [-0.1, -0.05) is 127 Å². The van der Waals surface area contributed by atoms with Crippen LogP contribution in [0, 0.1) is 0 Å². The first-order valence-corrected chi connectivity index (χ1v) is 14.9. The number of ether oxygens (including phenoxy) is 1. The fraction of sp³-hybridized carbons (Fsp3) is 0.0833. The molecule has 2 unspecified atom stereocenters. The summed E-state index contributed by atoms with van der Waals surface area (Å²) in [6.45, 7) is 0. The fourth-order valence-electron chi connectivity index (χ4n) is 5.79. The van der Waals surface area contributed by atoms with Gasteiger partial charge < -0.3 is 4.74 Å². The maximum atomic E-state index is 15.1. The highest BCUT2D eigenvalue weighted by molar-refractivity contribution is 7.99. The van der Waals surface area contributed by atoms with Crippen LogP contribution in [-0.2, 0) is 15.3 Å². The molecular weight excluding hydrogens is 546 g/mol. The molecule has 7 rings (SSSR count). The van der Waals surface area contributed by atoms with Gasteiger partial charge in [0.25, 0.3) is 5.91 Å². The lowest BCUT2D eigenvalue weighted by molar-refractivity contribution is -0.120. The van der Waals surface area contributed by atoms with Crippen LogP contribution in [0.4, 0.5) is 5.69 Å². The molecule has 2 heterocycles. The third kappa shape index (κ3) is 4.54. The van der Waals surface area contributed by atoms with Crippen LogP contribution in [0.25, 0.3) is 11.3 Å². The summed E-state index contributed by atoms with van der Waals surface area (Å²) in [6, 6.07) is 46.1. The molecule has 0 bridgehead atoms. The average Bonchev–Trinajstić information content (AvgIpc) is 3.18. The molecule has 0 fully saturated rings. The first-order valence-electron chi connectivity index (χ1n) is 13.6. The second-order valence-electron chi connectivity index (χ2n) is 10.2. The average molecular weight is 572 g/mol. The molecule has 200 valence electrons. The zero-order valence-corrected chi connectivity index (χ0v) is 23.7. The van der Waals surface area contributed by atoms with Crippen molar-refractivity contribution in [1.29, 1.82) is 0 Å². The quantitative estimate of drug-likeness (QED) is 0.215. The summed E-state index contributed by atoms with van der Waals surface area (Å²) >= 11 is 8.15. The summed E-state index contributed by atoms with van der Waals surface area (Å²) in [5.74, 6) is 0.474. The molecule has 0 spiro atoms. The van der Waals surface area contributed by atoms with Gasteiger partial charge in [-0.3, -0.25) is 9.69 Å². The number of amides is 1. The van der Waals surface area contributed by atoms with Gasteiger partial charge in [0.1, 0.15) is 5.76 Å². The lowest BCUT2D eigenvalue weighted by Crippen LogP contribution is -2.55. The molecule has 5 heteroatoms. The molecule has 0 aliphatic carbocycles. The number of rotatable bonds is 4. The highest BCUT2D eigenvalue weighted by Gasteiger charge is 2.54. The minimum atomic E-state index is -1.13. The number of anilines is 1. The smallest absolute Gasteiger partial charge is 0.266 e. The van der Waals surface area contributed by atoms with Crippen LogP contribution >= 0.6 is 23.4 Å². The Morgan fingerprint density at radius 1 is 0.707 bits per heavy atom. The topological polar surface area (TPSA) is 29.5 Å². The molecule has 5 aromatic rings. The van der Waals surface area contributed by atoms with Crippen LogP contribution in [0.3, 0.4) is 0 Å². The van der Waals surface area contributed by atoms with Gasteiger partial charge in [-0.2, -0.15) is 0 Å². The molecule has 5 aromatic carbocycles. The van der Waals surface area contributed by atoms with E-state index >= 15 is 4.79 Å². The fourth-order valence-corrected chi connectivity index (χ4v) is 7.26. The minimum Gasteiger partial charge on any atom is -0.462 e. The Balaban J connectivity index is 1.55. The van der Waals surface area contributed by atoms with Crippen molar-refractivity contribution in [2.75, 3.05) is 4.90 Å². The number of benzene rings is 5. The van der Waals surface area contributed by atoms with E-state index in [2.05, 4.69) is 30.3 Å². The van der Waals surface area contributed by atoms with Crippen LogP contribution in [0.2, 0.25) is 5.02 Å². The molecule has 2 aliphatic rings. The standard InChI is InChI=1S/C36H26ClNO2S/c37-29-22-20-28(21-23-29)36-24-32(25-12-4-1-5-13-25)41-31-19-11-10-18-30(31)38(36)35(39)33(26-14-6-2-7-15-26)34(40-36)27-16-8-3-9-17-27/h1-23,32H,24H2. The Kier molecular flexibility index (Phi) is 6.66. The molecule has 0 N–H and O–H groups in total. The molecule has 0 saturated heterocycles. The molecule has 2 aliphatic heterocycles. The van der Waals surface area contributed by atoms with E-state index in [0.29, 0.717) is 22.8 Å². The van der Waals surface area contributed by atoms with Crippen molar-refractivity contribution in [3.63, 3.8) is 0 Å². The Labute approximate surface area is 249 Å². The lowest BCUT2D eigenvalue weighted by Gasteiger charge is -2.48. The van der Waals surface area contributed by atoms with E-state index in [4.69, 9.17) is 16.3 Å². The molecule has 0 radical (unpaired) electrons. The minimum absolute atomic E-state index is 0.0149. The number of fused-ring (bicyclic) bond motifs is 3. The van der Waals surface area contributed by atoms with Crippen molar-refractivity contribution in [2.24, 2.45) is 0 Å². The van der Waals surface area contributed by atoms with Crippen LogP contribution < -0.4 is 4.90 Å². The number of nitrogens with zero attached hydrogens (tertiary/aromatic N) is 1. The molecule has 0 aromatic heterocycles. The van der Waals surface area contributed by atoms with Crippen molar-refractivity contribution < 1.29 is 9.53 Å². The van der Waals surface area contributed by atoms with Gasteiger partial charge in [0.2, 0.25) is 5.72 Å². The second kappa shape index (κ2) is 10.6. The number of hydrogen-bond donors (Lipinski definition) is 0. The van der Waals surface area contributed by atoms with Crippen molar-refractivity contribution in [3.05, 3.63) is 167 Å². The Bertz CT molecular complexity index is 1740. The summed E-state index contributed by atoms with van der Waals surface area (Å²) in [5.41, 5.74) is 3.96. The zero-order valence-electron chi connectivity index (χ0n) is 22.1. The number of carbonyl (C=O) groups excluding carboxylic acids is 1. The van der Waals surface area contributed by atoms with Crippen LogP contribution in [0.1, 0.15) is 33.9 Å². The first kappa shape index (κ1) is 25.7. The van der Waals surface area contributed by atoms with Crippen LogP contribution in [-0.4, -0.2) is 5.91 Å². The van der Waals surface area contributed by atoms with Gasteiger partial charge in [0.15, 0.2) is 0 Å². The van der Waals surface area contributed by atoms with Gasteiger partial charge in [0, 0.05) is 32.7 Å². The van der Waals surface area contributed by atoms with E-state index in [9.17, 15) is 0 Å². The van der Waals surface area contributed by atoms with Gasteiger partial charge >= 0.3 is 0 Å². The van der Waals surface area contributed by atoms with Crippen molar-refractivity contribution in [1.82, 2.24) is 0 Å². The molecule has 0 saturated carbocycles. The summed E-state index contributed by atoms with van der Waals surface area (Å²) in [4.78, 5) is 18.0. The van der Waals surface area contributed by atoms with Crippen molar-refractivity contribution in [2.45, 2.75) is 22.3 Å². The van der Waals surface area contributed by atoms with E-state index in [1.54, 1.807) is 11.8 Å². The van der Waals surface area contributed by atoms with E-state index < -0.39 is 5.72 Å². The lowest BCUT2D eigenvalue weighted by atomic mass is 9.87. The maximum Gasteiger partial charge on any atom is 0.266 e. The summed E-state index contributed by atoms with van der Waals surface area (Å²) < 4.78 is 7.34. The summed E-state index contributed by atoms with van der Waals surface area (Å²) in [5, 5.41) is 0.645. The summed E-state index contributed by atoms with van der Waals surface area (Å²) in [6.07, 6.45) is 0.530. The maximum absolute atomic E-state index is 15.1. The SMILES string of the molecule is O=C1C(c2ccccc2)=C(c2ccccc2)OC2(c3ccc(Cl)cc3)CC(c3ccccc3)Sc3ccccc3N12. The van der Waals surface area contributed by atoms with Crippen LogP contribution in [0.5, 0.6) is 0 Å². The Morgan fingerprint density at radius 2 is 1.29 bits per heavy atom. The third-order valence-corrected chi connectivity index (χ3v) is 9.25. The number of carbonyl (C=O) groups is 1. The Morgan fingerprint density at radius 3 is 1.98 bits per heavy atom. The van der Waals surface area contributed by atoms with Crippen LogP contribution in [0.15, 0.2) is 144 Å².